The Morgan fingerprint density at radius 1 is 0.486 bits per heavy atom. The van der Waals surface area contributed by atoms with Crippen LogP contribution in [-0.2, 0) is 6.18 Å². The predicted octanol–water partition coefficient (Wildman–Crippen LogP) is 16.0. The number of carbonyl (C=O) groups is 3. The molecular formula is C52H45BrCl4F3N9O3. The fourth-order valence-corrected chi connectivity index (χ4v) is 8.43. The molecular weight excluding hydrogens is 1080 g/mol. The molecule has 0 saturated heterocycles. The first kappa shape index (κ1) is 53.4. The zero-order valence-electron chi connectivity index (χ0n) is 39.3. The number of alkyl halides is 3. The number of fused-ring (bicyclic) bond motifs is 3. The van der Waals surface area contributed by atoms with Gasteiger partial charge in [0, 0.05) is 91.0 Å². The average Bonchev–Trinajstić information content (AvgIpc) is 4.03. The van der Waals surface area contributed by atoms with Crippen LogP contribution in [0.15, 0.2) is 133 Å². The van der Waals surface area contributed by atoms with Crippen LogP contribution in [-0.4, -0.2) is 46.4 Å². The number of benzene rings is 3. The standard InChI is InChI=1S/C18H15ClF3N3O.C17H15BrClN3O.C17H15Cl2N3O/c1-10(2)25-9-14(13-5-4-12(19)7-15(13)25)17(26)24-16-6-3-11(8-23-16)18(20,21)22;1-10(2)22-9-14(13-5-4-12(19)7-15(13)22)17(23)21-16-6-3-11(18)8-20-16;1-10(2)22-9-14(13-5-3-11(18)7-15(13)22)17(23)21-16-6-4-12(19)8-20-16/h3-10H,1-2H3,(H,23,24,26);2*3-10H,1-2H3,(H,20,21,23). The summed E-state index contributed by atoms with van der Waals surface area (Å²) >= 11 is 27.4. The van der Waals surface area contributed by atoms with Gasteiger partial charge in [0.25, 0.3) is 17.7 Å². The van der Waals surface area contributed by atoms with Crippen molar-refractivity contribution in [1.29, 1.82) is 0 Å². The van der Waals surface area contributed by atoms with E-state index in [4.69, 9.17) is 46.4 Å². The number of rotatable bonds is 9. The van der Waals surface area contributed by atoms with Gasteiger partial charge < -0.3 is 29.7 Å². The molecule has 0 aliphatic rings. The van der Waals surface area contributed by atoms with Crippen LogP contribution in [0.5, 0.6) is 0 Å². The quantitative estimate of drug-likeness (QED) is 0.131. The van der Waals surface area contributed by atoms with Gasteiger partial charge in [-0.25, -0.2) is 15.0 Å². The normalized spacial score (nSPS) is 11.5. The molecule has 0 aliphatic heterocycles. The highest BCUT2D eigenvalue weighted by Gasteiger charge is 2.31. The van der Waals surface area contributed by atoms with Crippen molar-refractivity contribution in [1.82, 2.24) is 28.7 Å². The molecule has 9 rings (SSSR count). The van der Waals surface area contributed by atoms with Crippen LogP contribution in [0.25, 0.3) is 32.7 Å². The minimum absolute atomic E-state index is 0.0439. The molecule has 0 aliphatic carbocycles. The summed E-state index contributed by atoms with van der Waals surface area (Å²) in [7, 11) is 0. The molecule has 0 bridgehead atoms. The van der Waals surface area contributed by atoms with Gasteiger partial charge in [0.1, 0.15) is 17.5 Å². The van der Waals surface area contributed by atoms with E-state index in [9.17, 15) is 27.6 Å². The number of nitrogens with zero attached hydrogens (tertiary/aromatic N) is 6. The molecule has 0 saturated carbocycles. The van der Waals surface area contributed by atoms with Gasteiger partial charge >= 0.3 is 6.18 Å². The monoisotopic (exact) mass is 1120 g/mol. The molecule has 9 aromatic rings. The molecule has 0 unspecified atom stereocenters. The van der Waals surface area contributed by atoms with Gasteiger partial charge in [-0.15, -0.1) is 0 Å². The Balaban J connectivity index is 0.000000159. The van der Waals surface area contributed by atoms with Gasteiger partial charge in [-0.3, -0.25) is 14.4 Å². The van der Waals surface area contributed by atoms with Crippen LogP contribution in [0.2, 0.25) is 20.1 Å². The average molecular weight is 1120 g/mol. The summed E-state index contributed by atoms with van der Waals surface area (Å²) in [4.78, 5) is 49.8. The molecule has 3 aromatic carbocycles. The fourth-order valence-electron chi connectivity index (χ4n) is 7.58. The van der Waals surface area contributed by atoms with Crippen LogP contribution in [0, 0.1) is 0 Å². The molecule has 3 amide bonds. The molecule has 3 N–H and O–H groups in total. The van der Waals surface area contributed by atoms with Crippen LogP contribution < -0.4 is 16.0 Å². The number of nitrogens with one attached hydrogen (secondary N) is 3. The highest BCUT2D eigenvalue weighted by Crippen LogP contribution is 2.32. The van der Waals surface area contributed by atoms with Crippen molar-refractivity contribution >= 4 is 130 Å². The zero-order chi connectivity index (χ0) is 52.2. The Bertz CT molecular complexity index is 3280. The van der Waals surface area contributed by atoms with E-state index in [0.29, 0.717) is 60.0 Å². The molecule has 0 spiro atoms. The van der Waals surface area contributed by atoms with Crippen molar-refractivity contribution in [3.05, 3.63) is 175 Å². The molecule has 72 heavy (non-hydrogen) atoms. The van der Waals surface area contributed by atoms with E-state index in [1.807, 2.05) is 70.3 Å². The number of pyridine rings is 3. The molecule has 6 aromatic heterocycles. The SMILES string of the molecule is CC(C)n1cc(C(=O)Nc2ccc(Br)cn2)c2ccc(Cl)cc21.CC(C)n1cc(C(=O)Nc2ccc(C(F)(F)F)cn2)c2ccc(Cl)cc21.CC(C)n1cc(C(=O)Nc2ccc(Cl)cn2)c2ccc(Cl)cc21. The lowest BCUT2D eigenvalue weighted by atomic mass is 10.1. The lowest BCUT2D eigenvalue weighted by Gasteiger charge is -2.08. The van der Waals surface area contributed by atoms with Crippen molar-refractivity contribution in [3.63, 3.8) is 0 Å². The minimum Gasteiger partial charge on any atom is -0.344 e. The second kappa shape index (κ2) is 22.6. The number of hydrogen-bond acceptors (Lipinski definition) is 6. The summed E-state index contributed by atoms with van der Waals surface area (Å²) in [6.07, 6.45) is 4.76. The maximum absolute atomic E-state index is 12.6. The first-order valence-electron chi connectivity index (χ1n) is 22.2. The van der Waals surface area contributed by atoms with Crippen LogP contribution in [0.4, 0.5) is 30.6 Å². The highest BCUT2D eigenvalue weighted by atomic mass is 79.9. The van der Waals surface area contributed by atoms with Gasteiger partial charge in [-0.05, 0) is 130 Å². The summed E-state index contributed by atoms with van der Waals surface area (Å²) in [6, 6.07) is 25.7. The van der Waals surface area contributed by atoms with Crippen molar-refractivity contribution in [3.8, 4) is 0 Å². The molecule has 6 heterocycles. The third-order valence-electron chi connectivity index (χ3n) is 11.1. The van der Waals surface area contributed by atoms with E-state index in [1.54, 1.807) is 60.9 Å². The first-order valence-corrected chi connectivity index (χ1v) is 24.5. The molecule has 0 atom stereocenters. The summed E-state index contributed by atoms with van der Waals surface area (Å²) in [6.45, 7) is 12.2. The van der Waals surface area contributed by atoms with Crippen LogP contribution in [0.1, 0.15) is 96.3 Å². The minimum atomic E-state index is -4.47. The van der Waals surface area contributed by atoms with E-state index >= 15 is 0 Å². The van der Waals surface area contributed by atoms with E-state index in [-0.39, 0.29) is 35.8 Å². The summed E-state index contributed by atoms with van der Waals surface area (Å²) in [5.74, 6) is 0.154. The molecule has 0 fully saturated rings. The largest absolute Gasteiger partial charge is 0.417 e. The Labute approximate surface area is 440 Å². The van der Waals surface area contributed by atoms with Gasteiger partial charge in [0.15, 0.2) is 0 Å². The van der Waals surface area contributed by atoms with Crippen LogP contribution >= 0.6 is 62.3 Å². The summed E-state index contributed by atoms with van der Waals surface area (Å²) < 4.78 is 44.6. The number of halogens is 8. The summed E-state index contributed by atoms with van der Waals surface area (Å²) in [5, 5.41) is 12.9. The number of carbonyl (C=O) groups excluding carboxylic acids is 3. The second-order valence-electron chi connectivity index (χ2n) is 17.1. The van der Waals surface area contributed by atoms with Crippen molar-refractivity contribution in [2.75, 3.05) is 16.0 Å². The van der Waals surface area contributed by atoms with E-state index in [2.05, 4.69) is 74.5 Å². The van der Waals surface area contributed by atoms with Crippen molar-refractivity contribution < 1.29 is 27.6 Å². The number of anilines is 3. The van der Waals surface area contributed by atoms with Gasteiger partial charge in [0.05, 0.1) is 43.8 Å². The molecule has 0 radical (unpaired) electrons. The van der Waals surface area contributed by atoms with Gasteiger partial charge in [-0.2, -0.15) is 13.2 Å². The second-order valence-corrected chi connectivity index (χ2v) is 19.8. The number of aromatic nitrogens is 6. The Hall–Kier alpha value is -6.43. The van der Waals surface area contributed by atoms with Crippen molar-refractivity contribution in [2.45, 2.75) is 65.8 Å². The van der Waals surface area contributed by atoms with Crippen molar-refractivity contribution in [2.24, 2.45) is 0 Å². The smallest absolute Gasteiger partial charge is 0.344 e. The van der Waals surface area contributed by atoms with Gasteiger partial charge in [-0.1, -0.05) is 64.6 Å². The first-order chi connectivity index (χ1) is 34.1. The van der Waals surface area contributed by atoms with Crippen LogP contribution in [0.3, 0.4) is 0 Å². The van der Waals surface area contributed by atoms with E-state index in [1.165, 1.54) is 6.20 Å². The van der Waals surface area contributed by atoms with E-state index < -0.39 is 17.6 Å². The molecule has 372 valence electrons. The fraction of sp³-hybridized carbons (Fsp3) is 0.192. The molecule has 20 heteroatoms. The predicted molar refractivity (Wildman–Crippen MR) is 286 cm³/mol. The highest BCUT2D eigenvalue weighted by molar-refractivity contribution is 9.10. The summed E-state index contributed by atoms with van der Waals surface area (Å²) in [5.41, 5.74) is 3.40. The number of amides is 3. The Morgan fingerprint density at radius 3 is 1.11 bits per heavy atom. The topological polar surface area (TPSA) is 141 Å². The van der Waals surface area contributed by atoms with Gasteiger partial charge in [0.2, 0.25) is 0 Å². The number of hydrogen-bond donors (Lipinski definition) is 3. The lowest BCUT2D eigenvalue weighted by molar-refractivity contribution is -0.137. The maximum atomic E-state index is 12.6. The maximum Gasteiger partial charge on any atom is 0.417 e. The Kier molecular flexibility index (Phi) is 16.7. The third kappa shape index (κ3) is 12.6. The lowest BCUT2D eigenvalue weighted by Crippen LogP contribution is -2.13. The van der Waals surface area contributed by atoms with E-state index in [0.717, 1.165) is 43.9 Å². The molecule has 12 nitrogen and oxygen atoms in total. The Morgan fingerprint density at radius 2 is 0.819 bits per heavy atom. The third-order valence-corrected chi connectivity index (χ3v) is 12.5. The zero-order valence-corrected chi connectivity index (χ0v) is 43.9.